The quantitative estimate of drug-likeness (QED) is 0.759. The van der Waals surface area contributed by atoms with Gasteiger partial charge in [0.15, 0.2) is 0 Å². The smallest absolute Gasteiger partial charge is 0.329 e. The average molecular weight is 271 g/mol. The third-order valence-corrected chi connectivity index (χ3v) is 3.60. The first kappa shape index (κ1) is 15.3. The van der Waals surface area contributed by atoms with Crippen molar-refractivity contribution in [1.29, 1.82) is 0 Å². The Kier molecular flexibility index (Phi) is 4.74. The minimum absolute atomic E-state index is 0.0575. The molecule has 0 aromatic rings. The first-order chi connectivity index (χ1) is 8.86. The van der Waals surface area contributed by atoms with E-state index < -0.39 is 17.5 Å². The van der Waals surface area contributed by atoms with Crippen LogP contribution in [0, 0.1) is 0 Å². The lowest BCUT2D eigenvalue weighted by molar-refractivity contribution is -0.147. The lowest BCUT2D eigenvalue weighted by Crippen LogP contribution is -2.56. The molecule has 0 aromatic carbocycles. The second-order valence-electron chi connectivity index (χ2n) is 4.80. The highest BCUT2D eigenvalue weighted by atomic mass is 16.4. The fraction of sp³-hybridized carbons (Fsp3) is 0.750. The molecule has 0 bridgehead atoms. The van der Waals surface area contributed by atoms with E-state index in [1.165, 1.54) is 16.8 Å². The van der Waals surface area contributed by atoms with E-state index in [4.69, 9.17) is 0 Å². The van der Waals surface area contributed by atoms with Crippen molar-refractivity contribution in [3.63, 3.8) is 0 Å². The van der Waals surface area contributed by atoms with E-state index in [1.54, 1.807) is 13.8 Å². The number of amides is 3. The molecule has 108 valence electrons. The number of aliphatic carboxylic acids is 1. The number of carbonyl (C=O) groups is 3. The first-order valence-corrected chi connectivity index (χ1v) is 6.37. The molecule has 1 aliphatic heterocycles. The van der Waals surface area contributed by atoms with Crippen LogP contribution in [-0.2, 0) is 9.59 Å². The zero-order valence-corrected chi connectivity index (χ0v) is 11.6. The fourth-order valence-electron chi connectivity index (χ4n) is 2.23. The molecule has 1 unspecified atom stereocenters. The van der Waals surface area contributed by atoms with E-state index in [1.807, 2.05) is 0 Å². The van der Waals surface area contributed by atoms with E-state index in [-0.39, 0.29) is 12.5 Å². The monoisotopic (exact) mass is 271 g/mol. The van der Waals surface area contributed by atoms with Gasteiger partial charge in [0.05, 0.1) is 0 Å². The molecular weight excluding hydrogens is 250 g/mol. The number of urea groups is 1. The summed E-state index contributed by atoms with van der Waals surface area (Å²) in [5.41, 5.74) is -1.17. The van der Waals surface area contributed by atoms with Gasteiger partial charge in [-0.2, -0.15) is 0 Å². The number of likely N-dealkylation sites (tertiary alicyclic amines) is 1. The largest absolute Gasteiger partial charge is 0.480 e. The summed E-state index contributed by atoms with van der Waals surface area (Å²) in [6.07, 6.45) is 1.09. The summed E-state index contributed by atoms with van der Waals surface area (Å²) in [6, 6.07) is -0.395. The predicted molar refractivity (Wildman–Crippen MR) is 68.7 cm³/mol. The molecule has 1 atom stereocenters. The first-order valence-electron chi connectivity index (χ1n) is 6.37. The Bertz CT molecular complexity index is 385. The lowest BCUT2D eigenvalue weighted by atomic mass is 10.00. The summed E-state index contributed by atoms with van der Waals surface area (Å²) in [6.45, 7) is 4.02. The van der Waals surface area contributed by atoms with Crippen LogP contribution < -0.4 is 5.32 Å². The topological polar surface area (TPSA) is 90.0 Å². The number of nitrogens with zero attached hydrogens (tertiary/aromatic N) is 2. The summed E-state index contributed by atoms with van der Waals surface area (Å²) in [7, 11) is 1.50. The fourth-order valence-corrected chi connectivity index (χ4v) is 2.23. The summed E-state index contributed by atoms with van der Waals surface area (Å²) >= 11 is 0. The maximum absolute atomic E-state index is 12.4. The number of carbonyl (C=O) groups excluding carboxylic acids is 2. The Balaban J connectivity index is 2.85. The number of nitrogens with one attached hydrogen (secondary N) is 1. The van der Waals surface area contributed by atoms with Gasteiger partial charge in [0, 0.05) is 20.1 Å². The molecule has 1 rings (SSSR count). The molecule has 0 radical (unpaired) electrons. The van der Waals surface area contributed by atoms with Crippen molar-refractivity contribution in [3.05, 3.63) is 0 Å². The van der Waals surface area contributed by atoms with E-state index >= 15 is 0 Å². The molecule has 0 aromatic heterocycles. The zero-order valence-electron chi connectivity index (χ0n) is 11.6. The van der Waals surface area contributed by atoms with Crippen LogP contribution in [0.2, 0.25) is 0 Å². The van der Waals surface area contributed by atoms with Crippen LogP contribution in [0.4, 0.5) is 4.79 Å². The normalized spacial score (nSPS) is 22.2. The van der Waals surface area contributed by atoms with Gasteiger partial charge in [-0.1, -0.05) is 0 Å². The van der Waals surface area contributed by atoms with Crippen molar-refractivity contribution < 1.29 is 19.5 Å². The van der Waals surface area contributed by atoms with Crippen LogP contribution in [0.15, 0.2) is 0 Å². The van der Waals surface area contributed by atoms with E-state index in [9.17, 15) is 19.5 Å². The molecule has 1 aliphatic rings. The highest BCUT2D eigenvalue weighted by Gasteiger charge is 2.47. The SMILES string of the molecule is CCN(CC(=O)NC)C(=O)N1CCCC1(C)C(=O)O. The second-order valence-corrected chi connectivity index (χ2v) is 4.80. The Morgan fingerprint density at radius 3 is 2.53 bits per heavy atom. The predicted octanol–water partition coefficient (Wildman–Crippen LogP) is 0.113. The summed E-state index contributed by atoms with van der Waals surface area (Å²) in [5.74, 6) is -1.28. The number of likely N-dealkylation sites (N-methyl/N-ethyl adjacent to an activating group) is 2. The summed E-state index contributed by atoms with van der Waals surface area (Å²) in [5, 5.41) is 11.7. The van der Waals surface area contributed by atoms with Crippen molar-refractivity contribution in [3.8, 4) is 0 Å². The van der Waals surface area contributed by atoms with Gasteiger partial charge >= 0.3 is 12.0 Å². The standard InChI is InChI=1S/C12H21N3O4/c1-4-14(8-9(16)13-3)11(19)15-7-5-6-12(15,2)10(17)18/h4-8H2,1-3H3,(H,13,16)(H,17,18). The minimum Gasteiger partial charge on any atom is -0.480 e. The van der Waals surface area contributed by atoms with Crippen molar-refractivity contribution in [2.24, 2.45) is 0 Å². The molecule has 0 saturated carbocycles. The number of hydrogen-bond donors (Lipinski definition) is 2. The van der Waals surface area contributed by atoms with Crippen LogP contribution in [0.1, 0.15) is 26.7 Å². The van der Waals surface area contributed by atoms with Gasteiger partial charge < -0.3 is 20.2 Å². The Hall–Kier alpha value is -1.79. The van der Waals surface area contributed by atoms with Crippen LogP contribution in [0.3, 0.4) is 0 Å². The van der Waals surface area contributed by atoms with Crippen molar-refractivity contribution >= 4 is 17.9 Å². The van der Waals surface area contributed by atoms with Crippen LogP contribution in [0.25, 0.3) is 0 Å². The van der Waals surface area contributed by atoms with Crippen molar-refractivity contribution in [2.75, 3.05) is 26.7 Å². The van der Waals surface area contributed by atoms with Gasteiger partial charge in [-0.25, -0.2) is 9.59 Å². The van der Waals surface area contributed by atoms with Gasteiger partial charge in [0.25, 0.3) is 0 Å². The maximum Gasteiger partial charge on any atom is 0.329 e. The van der Waals surface area contributed by atoms with Crippen LogP contribution in [0.5, 0.6) is 0 Å². The van der Waals surface area contributed by atoms with E-state index in [0.29, 0.717) is 25.9 Å². The number of carboxylic acids is 1. The zero-order chi connectivity index (χ0) is 14.6. The van der Waals surface area contributed by atoms with Gasteiger partial charge in [-0.15, -0.1) is 0 Å². The van der Waals surface area contributed by atoms with Crippen LogP contribution in [-0.4, -0.2) is 65.0 Å². The summed E-state index contributed by atoms with van der Waals surface area (Å²) in [4.78, 5) is 37.7. The van der Waals surface area contributed by atoms with Gasteiger partial charge in [-0.3, -0.25) is 4.79 Å². The number of rotatable bonds is 4. The molecule has 0 spiro atoms. The lowest BCUT2D eigenvalue weighted by Gasteiger charge is -2.35. The molecule has 7 heteroatoms. The van der Waals surface area contributed by atoms with Crippen molar-refractivity contribution in [2.45, 2.75) is 32.2 Å². The van der Waals surface area contributed by atoms with Gasteiger partial charge in [-0.05, 0) is 26.7 Å². The molecular formula is C12H21N3O4. The molecule has 7 nitrogen and oxygen atoms in total. The highest BCUT2D eigenvalue weighted by molar-refractivity contribution is 5.89. The van der Waals surface area contributed by atoms with Crippen molar-refractivity contribution in [1.82, 2.24) is 15.1 Å². The van der Waals surface area contributed by atoms with Gasteiger partial charge in [0.2, 0.25) is 5.91 Å². The molecule has 1 saturated heterocycles. The minimum atomic E-state index is -1.17. The number of carboxylic acid groups (broad SMARTS) is 1. The Morgan fingerprint density at radius 2 is 2.05 bits per heavy atom. The molecule has 2 N–H and O–H groups in total. The number of hydrogen-bond acceptors (Lipinski definition) is 3. The van der Waals surface area contributed by atoms with Gasteiger partial charge in [0.1, 0.15) is 12.1 Å². The highest BCUT2D eigenvalue weighted by Crippen LogP contribution is 2.30. The van der Waals surface area contributed by atoms with E-state index in [0.717, 1.165) is 0 Å². The van der Waals surface area contributed by atoms with Crippen LogP contribution >= 0.6 is 0 Å². The average Bonchev–Trinajstić information content (AvgIpc) is 2.78. The maximum atomic E-state index is 12.4. The third-order valence-electron chi connectivity index (χ3n) is 3.60. The third kappa shape index (κ3) is 2.97. The Morgan fingerprint density at radius 1 is 1.42 bits per heavy atom. The summed E-state index contributed by atoms with van der Waals surface area (Å²) < 4.78 is 0. The molecule has 0 aliphatic carbocycles. The van der Waals surface area contributed by atoms with E-state index in [2.05, 4.69) is 5.32 Å². The Labute approximate surface area is 112 Å². The molecule has 1 heterocycles. The molecule has 19 heavy (non-hydrogen) atoms. The molecule has 3 amide bonds. The second kappa shape index (κ2) is 5.90. The molecule has 1 fully saturated rings.